The number of alkyl halides is 1. The van der Waals surface area contributed by atoms with Crippen LogP contribution in [-0.2, 0) is 0 Å². The second kappa shape index (κ2) is 3.73. The van der Waals surface area contributed by atoms with Gasteiger partial charge in [-0.15, -0.1) is 0 Å². The predicted octanol–water partition coefficient (Wildman–Crippen LogP) is 3.34. The van der Waals surface area contributed by atoms with Crippen LogP contribution in [0.5, 0.6) is 0 Å². The van der Waals surface area contributed by atoms with Crippen molar-refractivity contribution in [3.63, 3.8) is 0 Å². The lowest BCUT2D eigenvalue weighted by Crippen LogP contribution is -2.05. The highest BCUT2D eigenvalue weighted by Crippen LogP contribution is 2.58. The number of rotatable bonds is 2. The van der Waals surface area contributed by atoms with Gasteiger partial charge in [0, 0.05) is 4.83 Å². The molecule has 18 heavy (non-hydrogen) atoms. The molecule has 0 amide bonds. The van der Waals surface area contributed by atoms with Gasteiger partial charge in [-0.2, -0.15) is 0 Å². The minimum Gasteiger partial charge on any atom is -0.306 e. The van der Waals surface area contributed by atoms with E-state index < -0.39 is 0 Å². The van der Waals surface area contributed by atoms with Crippen LogP contribution in [-0.4, -0.2) is 9.97 Å². The minimum atomic E-state index is -0.129. The number of fused-ring (bicyclic) bond motifs is 2. The molecule has 0 spiro atoms. The Morgan fingerprint density at radius 1 is 1.11 bits per heavy atom. The lowest BCUT2D eigenvalue weighted by Gasteiger charge is -2.19. The number of aromatic amines is 2. The highest BCUT2D eigenvalue weighted by atomic mass is 79.9. The number of halogens is 1. The predicted molar refractivity (Wildman–Crippen MR) is 74.9 cm³/mol. The summed E-state index contributed by atoms with van der Waals surface area (Å²) in [7, 11) is 0. The lowest BCUT2D eigenvalue weighted by molar-refractivity contribution is 0.482. The Bertz CT molecular complexity index is 649. The summed E-state index contributed by atoms with van der Waals surface area (Å²) in [6, 6.07) is 6.21. The average molecular weight is 307 g/mol. The normalized spacial score (nSPS) is 31.5. The van der Waals surface area contributed by atoms with E-state index in [1.807, 2.05) is 6.07 Å². The monoisotopic (exact) mass is 306 g/mol. The fraction of sp³-hybridized carbons (Fsp3) is 0.500. The van der Waals surface area contributed by atoms with Crippen molar-refractivity contribution in [3.05, 3.63) is 34.2 Å². The first kappa shape index (κ1) is 10.9. The van der Waals surface area contributed by atoms with E-state index in [4.69, 9.17) is 0 Å². The standard InChI is InChI=1S/C14H15BrN2O/c15-13(10-4-8-3-9(8)5-10)7-1-2-11-12(6-7)17-14(18)16-11/h1-2,6,8-10,13H,3-5H2,(H2,16,17,18). The van der Waals surface area contributed by atoms with Crippen molar-refractivity contribution in [3.8, 4) is 0 Å². The Labute approximate surface area is 113 Å². The van der Waals surface area contributed by atoms with E-state index in [9.17, 15) is 4.79 Å². The molecule has 94 valence electrons. The molecule has 4 rings (SSSR count). The number of benzene rings is 1. The maximum atomic E-state index is 11.3. The summed E-state index contributed by atoms with van der Waals surface area (Å²) < 4.78 is 0. The summed E-state index contributed by atoms with van der Waals surface area (Å²) in [4.78, 5) is 17.3. The molecule has 1 aromatic heterocycles. The number of nitrogens with one attached hydrogen (secondary N) is 2. The summed E-state index contributed by atoms with van der Waals surface area (Å²) >= 11 is 3.85. The van der Waals surface area contributed by atoms with Crippen molar-refractivity contribution in [2.24, 2.45) is 17.8 Å². The summed E-state index contributed by atoms with van der Waals surface area (Å²) in [5.74, 6) is 2.77. The fourth-order valence-corrected chi connectivity index (χ4v) is 4.21. The second-order valence-corrected chi connectivity index (χ2v) is 6.76. The van der Waals surface area contributed by atoms with Gasteiger partial charge >= 0.3 is 5.69 Å². The van der Waals surface area contributed by atoms with E-state index in [2.05, 4.69) is 38.0 Å². The van der Waals surface area contributed by atoms with Gasteiger partial charge in [0.25, 0.3) is 0 Å². The highest BCUT2D eigenvalue weighted by Gasteiger charge is 2.47. The molecule has 0 saturated heterocycles. The van der Waals surface area contributed by atoms with Crippen LogP contribution in [0.15, 0.2) is 23.0 Å². The Hall–Kier alpha value is -1.03. The Morgan fingerprint density at radius 3 is 2.61 bits per heavy atom. The smallest absolute Gasteiger partial charge is 0.306 e. The van der Waals surface area contributed by atoms with Gasteiger partial charge in [-0.25, -0.2) is 4.79 Å². The summed E-state index contributed by atoms with van der Waals surface area (Å²) in [6.45, 7) is 0. The number of H-pyrrole nitrogens is 2. The molecule has 4 heteroatoms. The van der Waals surface area contributed by atoms with Crippen LogP contribution in [0.3, 0.4) is 0 Å². The molecular formula is C14H15BrN2O. The molecule has 2 N–H and O–H groups in total. The third-order valence-electron chi connectivity index (χ3n) is 4.55. The van der Waals surface area contributed by atoms with Crippen LogP contribution in [0.1, 0.15) is 29.7 Å². The maximum Gasteiger partial charge on any atom is 0.323 e. The van der Waals surface area contributed by atoms with E-state index in [1.54, 1.807) is 0 Å². The molecule has 1 heterocycles. The zero-order chi connectivity index (χ0) is 12.3. The first-order valence-electron chi connectivity index (χ1n) is 6.57. The molecule has 2 saturated carbocycles. The molecule has 3 unspecified atom stereocenters. The van der Waals surface area contributed by atoms with E-state index >= 15 is 0 Å². The van der Waals surface area contributed by atoms with Crippen LogP contribution >= 0.6 is 15.9 Å². The molecular weight excluding hydrogens is 292 g/mol. The molecule has 0 radical (unpaired) electrons. The van der Waals surface area contributed by atoms with Gasteiger partial charge in [0.05, 0.1) is 11.0 Å². The molecule has 2 aliphatic rings. The van der Waals surface area contributed by atoms with Crippen molar-refractivity contribution in [2.45, 2.75) is 24.1 Å². The molecule has 0 bridgehead atoms. The largest absolute Gasteiger partial charge is 0.323 e. The van der Waals surface area contributed by atoms with Gasteiger partial charge in [-0.1, -0.05) is 22.0 Å². The zero-order valence-electron chi connectivity index (χ0n) is 9.95. The zero-order valence-corrected chi connectivity index (χ0v) is 11.5. The minimum absolute atomic E-state index is 0.129. The summed E-state index contributed by atoms with van der Waals surface area (Å²) in [5, 5.41) is 0. The van der Waals surface area contributed by atoms with Crippen molar-refractivity contribution in [2.75, 3.05) is 0 Å². The number of hydrogen-bond donors (Lipinski definition) is 2. The van der Waals surface area contributed by atoms with Crippen LogP contribution in [0, 0.1) is 17.8 Å². The Balaban J connectivity index is 1.66. The summed E-state index contributed by atoms with van der Waals surface area (Å²) in [5.41, 5.74) is 2.95. The quantitative estimate of drug-likeness (QED) is 0.821. The Morgan fingerprint density at radius 2 is 1.83 bits per heavy atom. The molecule has 2 aliphatic carbocycles. The first-order valence-corrected chi connectivity index (χ1v) is 7.48. The molecule has 3 nitrogen and oxygen atoms in total. The van der Waals surface area contributed by atoms with Crippen LogP contribution < -0.4 is 5.69 Å². The average Bonchev–Trinajstić information content (AvgIpc) is 2.82. The van der Waals surface area contributed by atoms with Crippen molar-refractivity contribution in [1.82, 2.24) is 9.97 Å². The summed E-state index contributed by atoms with van der Waals surface area (Å²) in [6.07, 6.45) is 4.19. The van der Waals surface area contributed by atoms with E-state index in [0.717, 1.165) is 28.8 Å². The number of aromatic nitrogens is 2. The van der Waals surface area contributed by atoms with E-state index in [0.29, 0.717) is 4.83 Å². The second-order valence-electron chi connectivity index (χ2n) is 5.77. The molecule has 3 atom stereocenters. The van der Waals surface area contributed by atoms with Crippen molar-refractivity contribution < 1.29 is 0 Å². The number of hydrogen-bond acceptors (Lipinski definition) is 1. The van der Waals surface area contributed by atoms with Crippen LogP contribution in [0.25, 0.3) is 11.0 Å². The molecule has 1 aromatic carbocycles. The number of imidazole rings is 1. The molecule has 0 aliphatic heterocycles. The van der Waals surface area contributed by atoms with Crippen molar-refractivity contribution >= 4 is 27.0 Å². The van der Waals surface area contributed by atoms with Crippen LogP contribution in [0.2, 0.25) is 0 Å². The van der Waals surface area contributed by atoms with Gasteiger partial charge in [-0.05, 0) is 54.7 Å². The topological polar surface area (TPSA) is 48.6 Å². The van der Waals surface area contributed by atoms with Crippen LogP contribution in [0.4, 0.5) is 0 Å². The Kier molecular flexibility index (Phi) is 2.25. The van der Waals surface area contributed by atoms with Gasteiger partial charge < -0.3 is 9.97 Å². The van der Waals surface area contributed by atoms with E-state index in [-0.39, 0.29) is 5.69 Å². The highest BCUT2D eigenvalue weighted by molar-refractivity contribution is 9.09. The van der Waals surface area contributed by atoms with Gasteiger partial charge in [0.15, 0.2) is 0 Å². The lowest BCUT2D eigenvalue weighted by atomic mass is 9.94. The van der Waals surface area contributed by atoms with Gasteiger partial charge in [0.2, 0.25) is 0 Å². The van der Waals surface area contributed by atoms with Gasteiger partial charge in [-0.3, -0.25) is 0 Å². The first-order chi connectivity index (χ1) is 8.70. The van der Waals surface area contributed by atoms with Gasteiger partial charge in [0.1, 0.15) is 0 Å². The SMILES string of the molecule is O=c1[nH]c2ccc(C(Br)C3CC4CC4C3)cc2[nH]1. The fourth-order valence-electron chi connectivity index (χ4n) is 3.49. The molecule has 2 aromatic rings. The van der Waals surface area contributed by atoms with E-state index in [1.165, 1.54) is 24.8 Å². The van der Waals surface area contributed by atoms with Crippen molar-refractivity contribution in [1.29, 1.82) is 0 Å². The molecule has 2 fully saturated rings. The third kappa shape index (κ3) is 1.66. The third-order valence-corrected chi connectivity index (χ3v) is 5.83. The maximum absolute atomic E-state index is 11.3.